The maximum atomic E-state index is 13.8. The van der Waals surface area contributed by atoms with Crippen molar-refractivity contribution in [3.05, 3.63) is 35.1 Å². The second-order valence-electron chi connectivity index (χ2n) is 5.40. The Balaban J connectivity index is 0.00000106. The fraction of sp³-hybridized carbons (Fsp3) is 0.611. The second-order valence-corrected chi connectivity index (χ2v) is 5.40. The first-order chi connectivity index (χ1) is 10.1. The molecule has 1 aromatic rings. The molecule has 2 rings (SSSR count). The number of ether oxygens (including phenoxy) is 1. The van der Waals surface area contributed by atoms with Gasteiger partial charge in [-0.25, -0.2) is 4.39 Å². The molecule has 21 heavy (non-hydrogen) atoms. The third kappa shape index (κ3) is 3.63. The summed E-state index contributed by atoms with van der Waals surface area (Å²) in [5.74, 6) is -0.465. The van der Waals surface area contributed by atoms with Gasteiger partial charge in [-0.15, -0.1) is 0 Å². The number of hydrogen-bond donors (Lipinski definition) is 0. The summed E-state index contributed by atoms with van der Waals surface area (Å²) in [6, 6.07) is 5.01. The van der Waals surface area contributed by atoms with Crippen LogP contribution in [0.4, 0.5) is 4.39 Å². The van der Waals surface area contributed by atoms with E-state index in [1.54, 1.807) is 13.0 Å². The lowest BCUT2D eigenvalue weighted by atomic mass is 9.72. The first kappa shape index (κ1) is 17.7. The number of hydrogen-bond acceptors (Lipinski definition) is 2. The minimum absolute atomic E-state index is 0.219. The first-order valence-corrected chi connectivity index (χ1v) is 7.96. The summed E-state index contributed by atoms with van der Waals surface area (Å²) in [7, 11) is 1.42. The van der Waals surface area contributed by atoms with Gasteiger partial charge in [-0.3, -0.25) is 4.79 Å². The number of benzene rings is 1. The maximum absolute atomic E-state index is 13.8. The predicted octanol–water partition coefficient (Wildman–Crippen LogP) is 4.93. The molecule has 0 unspecified atom stereocenters. The fourth-order valence-corrected chi connectivity index (χ4v) is 3.24. The number of rotatable bonds is 2. The molecule has 1 aliphatic carbocycles. The van der Waals surface area contributed by atoms with Gasteiger partial charge in [0.25, 0.3) is 0 Å². The van der Waals surface area contributed by atoms with E-state index in [9.17, 15) is 9.18 Å². The van der Waals surface area contributed by atoms with E-state index in [2.05, 4.69) is 0 Å². The van der Waals surface area contributed by atoms with E-state index in [-0.39, 0.29) is 11.8 Å². The van der Waals surface area contributed by atoms with Gasteiger partial charge in [0, 0.05) is 0 Å². The Morgan fingerprint density at radius 3 is 2.24 bits per heavy atom. The summed E-state index contributed by atoms with van der Waals surface area (Å²) in [6.45, 7) is 5.75. The van der Waals surface area contributed by atoms with Crippen molar-refractivity contribution < 1.29 is 13.9 Å². The van der Waals surface area contributed by atoms with Crippen molar-refractivity contribution in [1.82, 2.24) is 0 Å². The molecule has 0 aromatic heterocycles. The van der Waals surface area contributed by atoms with Gasteiger partial charge in [0.2, 0.25) is 0 Å². The van der Waals surface area contributed by atoms with Crippen molar-refractivity contribution in [2.24, 2.45) is 0 Å². The number of carbonyl (C=O) groups is 1. The lowest BCUT2D eigenvalue weighted by molar-refractivity contribution is -0.148. The molecular formula is C18H27FO2. The monoisotopic (exact) mass is 294 g/mol. The Labute approximate surface area is 127 Å². The van der Waals surface area contributed by atoms with Gasteiger partial charge >= 0.3 is 5.97 Å². The van der Waals surface area contributed by atoms with Crippen LogP contribution in [0.1, 0.15) is 63.5 Å². The van der Waals surface area contributed by atoms with Crippen molar-refractivity contribution in [2.45, 2.75) is 64.7 Å². The highest BCUT2D eigenvalue weighted by Crippen LogP contribution is 2.41. The Kier molecular flexibility index (Phi) is 6.86. The normalized spacial score (nSPS) is 17.2. The number of halogens is 1. The first-order valence-electron chi connectivity index (χ1n) is 7.96. The lowest BCUT2D eigenvalue weighted by Gasteiger charge is -2.31. The summed E-state index contributed by atoms with van der Waals surface area (Å²) < 4.78 is 18.9. The Morgan fingerprint density at radius 2 is 1.71 bits per heavy atom. The number of carbonyl (C=O) groups excluding carboxylic acids is 1. The van der Waals surface area contributed by atoms with Gasteiger partial charge in [-0.05, 0) is 37.0 Å². The summed E-state index contributed by atoms with van der Waals surface area (Å²) in [4.78, 5) is 12.4. The van der Waals surface area contributed by atoms with Crippen molar-refractivity contribution in [3.8, 4) is 0 Å². The molecule has 1 saturated carbocycles. The van der Waals surface area contributed by atoms with Crippen molar-refractivity contribution in [1.29, 1.82) is 0 Å². The van der Waals surface area contributed by atoms with Crippen LogP contribution in [0.25, 0.3) is 0 Å². The minimum Gasteiger partial charge on any atom is -0.468 e. The van der Waals surface area contributed by atoms with Crippen LogP contribution in [0.3, 0.4) is 0 Å². The Hall–Kier alpha value is -1.38. The van der Waals surface area contributed by atoms with E-state index in [4.69, 9.17) is 4.74 Å². The second kappa shape index (κ2) is 8.16. The van der Waals surface area contributed by atoms with Crippen LogP contribution >= 0.6 is 0 Å². The molecule has 0 aliphatic heterocycles. The highest BCUT2D eigenvalue weighted by atomic mass is 19.1. The average molecular weight is 294 g/mol. The molecule has 1 aliphatic rings. The lowest BCUT2D eigenvalue weighted by Crippen LogP contribution is -2.37. The van der Waals surface area contributed by atoms with Crippen LogP contribution in [0, 0.1) is 12.7 Å². The Bertz CT molecular complexity index is 460. The molecule has 118 valence electrons. The molecule has 0 spiro atoms. The van der Waals surface area contributed by atoms with Gasteiger partial charge in [-0.1, -0.05) is 51.7 Å². The van der Waals surface area contributed by atoms with E-state index in [0.29, 0.717) is 5.56 Å². The summed E-state index contributed by atoms with van der Waals surface area (Å²) in [5.41, 5.74) is 0.730. The zero-order valence-electron chi connectivity index (χ0n) is 13.7. The molecule has 3 heteroatoms. The van der Waals surface area contributed by atoms with Gasteiger partial charge in [-0.2, -0.15) is 0 Å². The van der Waals surface area contributed by atoms with E-state index < -0.39 is 5.41 Å². The standard InChI is InChI=1S/C16H21FO2.C2H6/c1-12-13(8-7-9-14(12)17)16(15(18)19-2)10-5-3-4-6-11-16;1-2/h7-9H,3-6,10-11H2,1-2H3;1-2H3. The van der Waals surface area contributed by atoms with Crippen LogP contribution in [-0.2, 0) is 14.9 Å². The summed E-state index contributed by atoms with van der Waals surface area (Å²) in [5, 5.41) is 0. The molecule has 2 nitrogen and oxygen atoms in total. The third-order valence-corrected chi connectivity index (χ3v) is 4.32. The van der Waals surface area contributed by atoms with E-state index >= 15 is 0 Å². The third-order valence-electron chi connectivity index (χ3n) is 4.32. The van der Waals surface area contributed by atoms with Crippen LogP contribution in [0.2, 0.25) is 0 Å². The van der Waals surface area contributed by atoms with Gasteiger partial charge in [0.1, 0.15) is 5.82 Å². The van der Waals surface area contributed by atoms with Gasteiger partial charge in [0.05, 0.1) is 12.5 Å². The zero-order chi connectivity index (χ0) is 15.9. The van der Waals surface area contributed by atoms with Crippen LogP contribution in [0.15, 0.2) is 18.2 Å². The molecule has 0 heterocycles. The largest absolute Gasteiger partial charge is 0.468 e. The fourth-order valence-electron chi connectivity index (χ4n) is 3.24. The topological polar surface area (TPSA) is 26.3 Å². The van der Waals surface area contributed by atoms with Crippen LogP contribution < -0.4 is 0 Å². The molecule has 1 fully saturated rings. The van der Waals surface area contributed by atoms with Gasteiger partial charge in [0.15, 0.2) is 0 Å². The molecular weight excluding hydrogens is 267 g/mol. The number of esters is 1. The highest BCUT2D eigenvalue weighted by molar-refractivity contribution is 5.83. The van der Waals surface area contributed by atoms with Crippen molar-refractivity contribution in [3.63, 3.8) is 0 Å². The SMILES string of the molecule is CC.COC(=O)C1(c2cccc(F)c2C)CCCCCC1. The molecule has 0 N–H and O–H groups in total. The summed E-state index contributed by atoms with van der Waals surface area (Å²) in [6.07, 6.45) is 5.75. The average Bonchev–Trinajstić information content (AvgIpc) is 2.78. The smallest absolute Gasteiger partial charge is 0.316 e. The molecule has 0 radical (unpaired) electrons. The van der Waals surface area contributed by atoms with E-state index in [0.717, 1.165) is 44.1 Å². The highest BCUT2D eigenvalue weighted by Gasteiger charge is 2.42. The van der Waals surface area contributed by atoms with Crippen molar-refractivity contribution in [2.75, 3.05) is 7.11 Å². The molecule has 0 bridgehead atoms. The van der Waals surface area contributed by atoms with Crippen LogP contribution in [0.5, 0.6) is 0 Å². The number of methoxy groups -OCH3 is 1. The predicted molar refractivity (Wildman–Crippen MR) is 83.9 cm³/mol. The van der Waals surface area contributed by atoms with Crippen LogP contribution in [-0.4, -0.2) is 13.1 Å². The molecule has 1 aromatic carbocycles. The van der Waals surface area contributed by atoms with E-state index in [1.807, 2.05) is 19.9 Å². The quantitative estimate of drug-likeness (QED) is 0.571. The van der Waals surface area contributed by atoms with Crippen molar-refractivity contribution >= 4 is 5.97 Å². The summed E-state index contributed by atoms with van der Waals surface area (Å²) >= 11 is 0. The Morgan fingerprint density at radius 1 is 1.14 bits per heavy atom. The van der Waals surface area contributed by atoms with Gasteiger partial charge < -0.3 is 4.74 Å². The zero-order valence-corrected chi connectivity index (χ0v) is 13.7. The molecule has 0 amide bonds. The molecule has 0 atom stereocenters. The minimum atomic E-state index is -0.655. The van der Waals surface area contributed by atoms with E-state index in [1.165, 1.54) is 13.2 Å². The molecule has 0 saturated heterocycles. The maximum Gasteiger partial charge on any atom is 0.316 e.